The molecule has 1 rings (SSSR count). The summed E-state index contributed by atoms with van der Waals surface area (Å²) in [7, 11) is 0.294. The summed E-state index contributed by atoms with van der Waals surface area (Å²) in [6, 6.07) is 3.43. The molecule has 6 nitrogen and oxygen atoms in total. The lowest BCUT2D eigenvalue weighted by atomic mass is 10.1. The van der Waals surface area contributed by atoms with Crippen molar-refractivity contribution in [1.82, 2.24) is 9.62 Å². The molecule has 0 aliphatic heterocycles. The Bertz CT molecular complexity index is 571. The molecule has 0 saturated heterocycles. The fraction of sp³-hybridized carbons (Fsp3) is 0.571. The largest absolute Gasteiger partial charge is 0.398 e. The Morgan fingerprint density at radius 1 is 1.24 bits per heavy atom. The third-order valence-electron chi connectivity index (χ3n) is 3.20. The number of nitrogens with one attached hydrogen (secondary N) is 1. The monoisotopic (exact) mass is 315 g/mol. The van der Waals surface area contributed by atoms with Crippen LogP contribution in [0.1, 0.15) is 11.1 Å². The van der Waals surface area contributed by atoms with Crippen molar-refractivity contribution in [2.45, 2.75) is 18.7 Å². The third-order valence-corrected chi connectivity index (χ3v) is 4.86. The predicted molar refractivity (Wildman–Crippen MR) is 84.9 cm³/mol. The minimum atomic E-state index is -3.61. The average Bonchev–Trinajstić information content (AvgIpc) is 2.38. The van der Waals surface area contributed by atoms with Crippen molar-refractivity contribution in [1.29, 1.82) is 0 Å². The standard InChI is InChI=1S/C14H25N3O3S/c1-11-5-6-13(15)14(12(11)2)21(18,19)16-7-9-20-10-8-17(3)4/h5-6,16H,7-10,15H2,1-4H3. The van der Waals surface area contributed by atoms with Gasteiger partial charge in [0, 0.05) is 13.1 Å². The number of nitrogen functional groups attached to an aromatic ring is 1. The Labute approximate surface area is 127 Å². The van der Waals surface area contributed by atoms with Crippen LogP contribution in [0, 0.1) is 13.8 Å². The Morgan fingerprint density at radius 2 is 1.90 bits per heavy atom. The van der Waals surface area contributed by atoms with E-state index in [0.717, 1.165) is 12.1 Å². The summed E-state index contributed by atoms with van der Waals surface area (Å²) in [6.45, 7) is 5.55. The van der Waals surface area contributed by atoms with E-state index < -0.39 is 10.0 Å². The van der Waals surface area contributed by atoms with Crippen LogP contribution in [-0.4, -0.2) is 53.7 Å². The van der Waals surface area contributed by atoms with Gasteiger partial charge in [-0.05, 0) is 45.1 Å². The summed E-state index contributed by atoms with van der Waals surface area (Å²) < 4.78 is 32.5. The van der Waals surface area contributed by atoms with Gasteiger partial charge in [-0.25, -0.2) is 13.1 Å². The molecule has 0 radical (unpaired) electrons. The molecule has 3 N–H and O–H groups in total. The van der Waals surface area contributed by atoms with Crippen LogP contribution in [0.4, 0.5) is 5.69 Å². The van der Waals surface area contributed by atoms with Crippen LogP contribution in [0.25, 0.3) is 0 Å². The van der Waals surface area contributed by atoms with Gasteiger partial charge in [0.1, 0.15) is 4.90 Å². The van der Waals surface area contributed by atoms with E-state index in [9.17, 15) is 8.42 Å². The Balaban J connectivity index is 2.61. The molecular weight excluding hydrogens is 290 g/mol. The van der Waals surface area contributed by atoms with Gasteiger partial charge < -0.3 is 15.4 Å². The van der Waals surface area contributed by atoms with E-state index in [1.807, 2.05) is 32.0 Å². The smallest absolute Gasteiger partial charge is 0.242 e. The lowest BCUT2D eigenvalue weighted by Gasteiger charge is -2.14. The van der Waals surface area contributed by atoms with Crippen LogP contribution >= 0.6 is 0 Å². The highest BCUT2D eigenvalue weighted by Crippen LogP contribution is 2.24. The summed E-state index contributed by atoms with van der Waals surface area (Å²) in [5.41, 5.74) is 7.64. The maximum atomic E-state index is 12.3. The highest BCUT2D eigenvalue weighted by Gasteiger charge is 2.20. The molecule has 21 heavy (non-hydrogen) atoms. The summed E-state index contributed by atoms with van der Waals surface area (Å²) in [6.07, 6.45) is 0. The lowest BCUT2D eigenvalue weighted by Crippen LogP contribution is -2.29. The molecule has 0 fully saturated rings. The van der Waals surface area contributed by atoms with Crippen LogP contribution in [0.15, 0.2) is 17.0 Å². The maximum absolute atomic E-state index is 12.3. The van der Waals surface area contributed by atoms with Gasteiger partial charge in [-0.2, -0.15) is 0 Å². The van der Waals surface area contributed by atoms with Crippen molar-refractivity contribution >= 4 is 15.7 Å². The van der Waals surface area contributed by atoms with Crippen molar-refractivity contribution in [2.24, 2.45) is 0 Å². The van der Waals surface area contributed by atoms with Crippen molar-refractivity contribution in [3.8, 4) is 0 Å². The fourth-order valence-corrected chi connectivity index (χ4v) is 3.28. The Kier molecular flexibility index (Phi) is 6.60. The van der Waals surface area contributed by atoms with E-state index in [1.54, 1.807) is 13.0 Å². The first-order valence-corrected chi connectivity index (χ1v) is 8.32. The van der Waals surface area contributed by atoms with Gasteiger partial charge in [0.05, 0.1) is 18.9 Å². The molecule has 0 bridgehead atoms. The molecule has 0 heterocycles. The molecule has 1 aromatic carbocycles. The molecule has 0 saturated carbocycles. The van der Waals surface area contributed by atoms with Crippen LogP contribution in [-0.2, 0) is 14.8 Å². The molecule has 0 aliphatic rings. The van der Waals surface area contributed by atoms with Crippen LogP contribution < -0.4 is 10.5 Å². The number of nitrogens with two attached hydrogens (primary N) is 1. The summed E-state index contributed by atoms with van der Waals surface area (Å²) in [5, 5.41) is 0. The predicted octanol–water partition coefficient (Wildman–Crippen LogP) is 0.742. The van der Waals surface area contributed by atoms with Gasteiger partial charge in [-0.3, -0.25) is 0 Å². The second-order valence-electron chi connectivity index (χ2n) is 5.24. The molecule has 0 aliphatic carbocycles. The second kappa shape index (κ2) is 7.74. The molecule has 0 unspecified atom stereocenters. The van der Waals surface area contributed by atoms with Crippen LogP contribution in [0.3, 0.4) is 0 Å². The Hall–Kier alpha value is -1.15. The number of sulfonamides is 1. The molecular formula is C14H25N3O3S. The van der Waals surface area contributed by atoms with Gasteiger partial charge in [0.25, 0.3) is 0 Å². The topological polar surface area (TPSA) is 84.7 Å². The number of ether oxygens (including phenoxy) is 1. The van der Waals surface area contributed by atoms with E-state index in [-0.39, 0.29) is 17.1 Å². The lowest BCUT2D eigenvalue weighted by molar-refractivity contribution is 0.122. The van der Waals surface area contributed by atoms with Crippen molar-refractivity contribution < 1.29 is 13.2 Å². The summed E-state index contributed by atoms with van der Waals surface area (Å²) >= 11 is 0. The molecule has 0 spiro atoms. The quantitative estimate of drug-likeness (QED) is 0.546. The molecule has 120 valence electrons. The maximum Gasteiger partial charge on any atom is 0.242 e. The molecule has 7 heteroatoms. The molecule has 0 aromatic heterocycles. The van der Waals surface area contributed by atoms with Crippen molar-refractivity contribution in [3.05, 3.63) is 23.3 Å². The van der Waals surface area contributed by atoms with Gasteiger partial charge >= 0.3 is 0 Å². The minimum absolute atomic E-state index is 0.163. The van der Waals surface area contributed by atoms with E-state index in [1.165, 1.54) is 0 Å². The molecule has 0 atom stereocenters. The van der Waals surface area contributed by atoms with Gasteiger partial charge in [-0.1, -0.05) is 6.07 Å². The van der Waals surface area contributed by atoms with E-state index in [4.69, 9.17) is 10.5 Å². The number of aryl methyl sites for hydroxylation is 1. The third kappa shape index (κ3) is 5.28. The number of hydrogen-bond donors (Lipinski definition) is 2. The highest BCUT2D eigenvalue weighted by molar-refractivity contribution is 7.89. The first kappa shape index (κ1) is 17.9. The zero-order valence-electron chi connectivity index (χ0n) is 13.1. The van der Waals surface area contributed by atoms with Crippen LogP contribution in [0.5, 0.6) is 0 Å². The Morgan fingerprint density at radius 3 is 2.52 bits per heavy atom. The normalized spacial score (nSPS) is 12.0. The van der Waals surface area contributed by atoms with E-state index in [0.29, 0.717) is 18.8 Å². The number of nitrogens with zero attached hydrogens (tertiary/aromatic N) is 1. The zero-order valence-corrected chi connectivity index (χ0v) is 14.0. The minimum Gasteiger partial charge on any atom is -0.398 e. The number of hydrogen-bond acceptors (Lipinski definition) is 5. The van der Waals surface area contributed by atoms with Crippen molar-refractivity contribution in [3.63, 3.8) is 0 Å². The van der Waals surface area contributed by atoms with Crippen LogP contribution in [0.2, 0.25) is 0 Å². The average molecular weight is 315 g/mol. The van der Waals surface area contributed by atoms with Gasteiger partial charge in [0.2, 0.25) is 10.0 Å². The van der Waals surface area contributed by atoms with Crippen molar-refractivity contribution in [2.75, 3.05) is 46.1 Å². The first-order chi connectivity index (χ1) is 9.75. The molecule has 1 aromatic rings. The number of anilines is 1. The number of likely N-dealkylation sites (N-methyl/N-ethyl adjacent to an activating group) is 1. The van der Waals surface area contributed by atoms with E-state index >= 15 is 0 Å². The van der Waals surface area contributed by atoms with Gasteiger partial charge in [-0.15, -0.1) is 0 Å². The van der Waals surface area contributed by atoms with Gasteiger partial charge in [0.15, 0.2) is 0 Å². The number of benzene rings is 1. The SMILES string of the molecule is Cc1ccc(N)c(S(=O)(=O)NCCOCCN(C)C)c1C. The first-order valence-electron chi connectivity index (χ1n) is 6.83. The highest BCUT2D eigenvalue weighted by atomic mass is 32.2. The zero-order chi connectivity index (χ0) is 16.0. The fourth-order valence-electron chi connectivity index (χ4n) is 1.84. The van der Waals surface area contributed by atoms with E-state index in [2.05, 4.69) is 4.72 Å². The summed E-state index contributed by atoms with van der Waals surface area (Å²) in [4.78, 5) is 2.16. The summed E-state index contributed by atoms with van der Waals surface area (Å²) in [5.74, 6) is 0. The second-order valence-corrected chi connectivity index (χ2v) is 6.94. The molecule has 0 amide bonds. The number of rotatable bonds is 8.